The molecule has 0 atom stereocenters. The van der Waals surface area contributed by atoms with Gasteiger partial charge in [0.25, 0.3) is 0 Å². The zero-order valence-corrected chi connectivity index (χ0v) is 34.2. The molecule has 4 heteroatoms. The van der Waals surface area contributed by atoms with Crippen LogP contribution in [0.5, 0.6) is 0 Å². The zero-order valence-electron chi connectivity index (χ0n) is 33.3. The Morgan fingerprint density at radius 1 is 0.403 bits per heavy atom. The summed E-state index contributed by atoms with van der Waals surface area (Å²) in [6.45, 7) is 0. The van der Waals surface area contributed by atoms with Gasteiger partial charge in [0, 0.05) is 76.3 Å². The number of aromatic nitrogens is 1. The summed E-state index contributed by atoms with van der Waals surface area (Å²) in [6.07, 6.45) is 0. The molecule has 1 aliphatic rings. The summed E-state index contributed by atoms with van der Waals surface area (Å²) in [5.41, 5.74) is 14.8. The molecule has 14 rings (SSSR count). The molecule has 3 heterocycles. The van der Waals surface area contributed by atoms with E-state index in [4.69, 9.17) is 4.42 Å². The minimum absolute atomic E-state index is 0.871. The minimum Gasteiger partial charge on any atom is -0.456 e. The van der Waals surface area contributed by atoms with Gasteiger partial charge >= 0.3 is 0 Å². The Hall–Kier alpha value is -7.92. The van der Waals surface area contributed by atoms with Crippen LogP contribution >= 0.6 is 11.3 Å². The van der Waals surface area contributed by atoms with Crippen LogP contribution in [0, 0.1) is 0 Å². The number of nitrogens with zero attached hydrogens (tertiary/aromatic N) is 2. The average molecular weight is 807 g/mol. The van der Waals surface area contributed by atoms with Gasteiger partial charge in [-0.1, -0.05) is 127 Å². The highest BCUT2D eigenvalue weighted by Crippen LogP contribution is 2.53. The molecule has 0 saturated carbocycles. The Kier molecular flexibility index (Phi) is 6.99. The third-order valence-electron chi connectivity index (χ3n) is 13.1. The Labute approximate surface area is 360 Å². The summed E-state index contributed by atoms with van der Waals surface area (Å²) in [4.78, 5) is 2.36. The fraction of sp³-hybridized carbons (Fsp3) is 0. The third-order valence-corrected chi connectivity index (χ3v) is 14.2. The minimum atomic E-state index is 0.871. The Bertz CT molecular complexity index is 4010. The standard InChI is InChI=1S/C58H34N2OS/c1-2-11-37-30-41(24-22-35(37)10-1)59(43-25-28-45-44-16-3-5-20-52(44)61-53(45)34-43)40-15-7-14-38(31-40)39-23-27-47-51(32-39)60(42-26-29-55-50(33-42)46-17-4-6-21-54(46)62-55)58-49-19-9-13-36-12-8-18-48(56(36)49)57(47)58/h1-34H. The lowest BCUT2D eigenvalue weighted by molar-refractivity contribution is 0.669. The fourth-order valence-electron chi connectivity index (χ4n) is 10.3. The molecule has 0 bridgehead atoms. The largest absolute Gasteiger partial charge is 0.456 e. The van der Waals surface area contributed by atoms with Crippen LogP contribution in [0.15, 0.2) is 211 Å². The van der Waals surface area contributed by atoms with E-state index in [2.05, 4.69) is 204 Å². The number of rotatable bonds is 5. The number of hydrogen-bond donors (Lipinski definition) is 0. The van der Waals surface area contributed by atoms with E-state index in [1.54, 1.807) is 0 Å². The molecule has 3 nitrogen and oxygen atoms in total. The molecular weight excluding hydrogens is 773 g/mol. The number of hydrogen-bond acceptors (Lipinski definition) is 3. The van der Waals surface area contributed by atoms with Gasteiger partial charge in [0.2, 0.25) is 0 Å². The summed E-state index contributed by atoms with van der Waals surface area (Å²) < 4.78 is 11.6. The highest BCUT2D eigenvalue weighted by molar-refractivity contribution is 7.25. The van der Waals surface area contributed by atoms with Crippen molar-refractivity contribution < 1.29 is 4.42 Å². The quantitative estimate of drug-likeness (QED) is 0.173. The number of fused-ring (bicyclic) bond motifs is 12. The topological polar surface area (TPSA) is 21.3 Å². The Balaban J connectivity index is 0.975. The monoisotopic (exact) mass is 806 g/mol. The van der Waals surface area contributed by atoms with Gasteiger partial charge < -0.3 is 13.9 Å². The lowest BCUT2D eigenvalue weighted by atomic mass is 9.99. The molecule has 3 aromatic heterocycles. The molecular formula is C58H34N2OS. The van der Waals surface area contributed by atoms with Crippen LogP contribution in [0.3, 0.4) is 0 Å². The number of benzene rings is 10. The van der Waals surface area contributed by atoms with E-state index in [9.17, 15) is 0 Å². The first-order chi connectivity index (χ1) is 30.7. The highest BCUT2D eigenvalue weighted by Gasteiger charge is 2.30. The molecule has 62 heavy (non-hydrogen) atoms. The van der Waals surface area contributed by atoms with Crippen LogP contribution < -0.4 is 4.90 Å². The van der Waals surface area contributed by atoms with E-state index in [1.165, 1.54) is 80.7 Å². The van der Waals surface area contributed by atoms with Gasteiger partial charge in [-0.3, -0.25) is 0 Å². The second-order valence-electron chi connectivity index (χ2n) is 16.5. The van der Waals surface area contributed by atoms with E-state index >= 15 is 0 Å². The predicted octanol–water partition coefficient (Wildman–Crippen LogP) is 17.0. The maximum Gasteiger partial charge on any atom is 0.137 e. The lowest BCUT2D eigenvalue weighted by Gasteiger charge is -2.26. The maximum atomic E-state index is 6.44. The molecule has 0 fully saturated rings. The summed E-state index contributed by atoms with van der Waals surface area (Å²) in [6, 6.07) is 75.6. The molecule has 0 aliphatic heterocycles. The molecule has 288 valence electrons. The number of para-hydroxylation sites is 1. The summed E-state index contributed by atoms with van der Waals surface area (Å²) in [7, 11) is 0. The van der Waals surface area contributed by atoms with Crippen molar-refractivity contribution in [2.75, 3.05) is 4.90 Å². The third kappa shape index (κ3) is 4.87. The number of thiophene rings is 1. The molecule has 0 N–H and O–H groups in total. The molecule has 10 aromatic carbocycles. The smallest absolute Gasteiger partial charge is 0.137 e. The van der Waals surface area contributed by atoms with Gasteiger partial charge in [-0.05, 0) is 111 Å². The molecule has 1 aliphatic carbocycles. The molecule has 0 unspecified atom stereocenters. The van der Waals surface area contributed by atoms with Crippen molar-refractivity contribution in [3.8, 4) is 39.2 Å². The van der Waals surface area contributed by atoms with Crippen molar-refractivity contribution in [1.82, 2.24) is 4.57 Å². The van der Waals surface area contributed by atoms with Crippen molar-refractivity contribution >= 4 is 103 Å². The first-order valence-electron chi connectivity index (χ1n) is 21.2. The average Bonchev–Trinajstić information content (AvgIpc) is 4.07. The summed E-state index contributed by atoms with van der Waals surface area (Å²) >= 11 is 1.87. The highest BCUT2D eigenvalue weighted by atomic mass is 32.1. The molecule has 0 saturated heterocycles. The van der Waals surface area contributed by atoms with Gasteiger partial charge in [0.05, 0.1) is 11.2 Å². The van der Waals surface area contributed by atoms with Crippen molar-refractivity contribution in [3.05, 3.63) is 206 Å². The van der Waals surface area contributed by atoms with Crippen LogP contribution in [0.4, 0.5) is 17.1 Å². The second kappa shape index (κ2) is 12.8. The molecule has 13 aromatic rings. The van der Waals surface area contributed by atoms with Crippen LogP contribution in [-0.4, -0.2) is 4.57 Å². The SMILES string of the molecule is c1cc(-c2ccc3c4c(n(-c5ccc6sc7ccccc7c6c5)c3c2)-c2cccc3cccc-4c23)cc(N(c2ccc3ccccc3c2)c2ccc3c(c2)oc2ccccc23)c1. The van der Waals surface area contributed by atoms with Crippen molar-refractivity contribution in [1.29, 1.82) is 0 Å². The van der Waals surface area contributed by atoms with Crippen LogP contribution in [0.25, 0.3) is 114 Å². The van der Waals surface area contributed by atoms with Gasteiger partial charge in [0.1, 0.15) is 11.2 Å². The van der Waals surface area contributed by atoms with E-state index < -0.39 is 0 Å². The second-order valence-corrected chi connectivity index (χ2v) is 17.6. The molecule has 0 amide bonds. The first kappa shape index (κ1) is 33.9. The van der Waals surface area contributed by atoms with E-state index in [0.29, 0.717) is 0 Å². The molecule has 0 spiro atoms. The zero-order chi connectivity index (χ0) is 40.5. The fourth-order valence-corrected chi connectivity index (χ4v) is 11.4. The van der Waals surface area contributed by atoms with E-state index in [0.717, 1.165) is 50.1 Å². The lowest BCUT2D eigenvalue weighted by Crippen LogP contribution is -2.10. The van der Waals surface area contributed by atoms with Crippen LogP contribution in [0.2, 0.25) is 0 Å². The van der Waals surface area contributed by atoms with Crippen molar-refractivity contribution in [2.45, 2.75) is 0 Å². The van der Waals surface area contributed by atoms with Crippen molar-refractivity contribution in [2.24, 2.45) is 0 Å². The normalized spacial score (nSPS) is 12.2. The molecule has 0 radical (unpaired) electrons. The number of furan rings is 1. The van der Waals surface area contributed by atoms with Crippen LogP contribution in [0.1, 0.15) is 0 Å². The van der Waals surface area contributed by atoms with Crippen molar-refractivity contribution in [3.63, 3.8) is 0 Å². The Morgan fingerprint density at radius 3 is 2.03 bits per heavy atom. The van der Waals surface area contributed by atoms with E-state index in [-0.39, 0.29) is 0 Å². The van der Waals surface area contributed by atoms with E-state index in [1.807, 2.05) is 23.5 Å². The van der Waals surface area contributed by atoms with Gasteiger partial charge in [-0.25, -0.2) is 0 Å². The predicted molar refractivity (Wildman–Crippen MR) is 263 cm³/mol. The maximum absolute atomic E-state index is 6.44. The van der Waals surface area contributed by atoms with Gasteiger partial charge in [-0.15, -0.1) is 11.3 Å². The van der Waals surface area contributed by atoms with Gasteiger partial charge in [0.15, 0.2) is 0 Å². The Morgan fingerprint density at radius 2 is 1.10 bits per heavy atom. The van der Waals surface area contributed by atoms with Crippen LogP contribution in [-0.2, 0) is 0 Å². The summed E-state index contributed by atoms with van der Waals surface area (Å²) in [5.74, 6) is 0. The van der Waals surface area contributed by atoms with Gasteiger partial charge in [-0.2, -0.15) is 0 Å². The summed E-state index contributed by atoms with van der Waals surface area (Å²) in [5, 5.41) is 11.1. The first-order valence-corrected chi connectivity index (χ1v) is 22.0. The number of anilines is 3.